The van der Waals surface area contributed by atoms with Crippen LogP contribution in [-0.2, 0) is 6.42 Å². The van der Waals surface area contributed by atoms with E-state index in [1.165, 1.54) is 17.4 Å². The minimum atomic E-state index is -1.06. The summed E-state index contributed by atoms with van der Waals surface area (Å²) in [4.78, 5) is 22.6. The van der Waals surface area contributed by atoms with Crippen molar-refractivity contribution in [1.82, 2.24) is 5.32 Å². The first-order valence-electron chi connectivity index (χ1n) is 6.16. The number of carboxylic acids is 1. The molecule has 2 amide bonds. The summed E-state index contributed by atoms with van der Waals surface area (Å²) in [6.45, 7) is 0.431. The van der Waals surface area contributed by atoms with E-state index < -0.39 is 12.0 Å². The molecular weight excluding hydrogens is 312 g/mol. The Labute approximate surface area is 130 Å². The van der Waals surface area contributed by atoms with Gasteiger partial charge in [0.15, 0.2) is 0 Å². The Balaban J connectivity index is 1.82. The molecular formula is C14H13ClN2O3S. The van der Waals surface area contributed by atoms with Gasteiger partial charge < -0.3 is 10.4 Å². The predicted molar refractivity (Wildman–Crippen MR) is 83.5 cm³/mol. The maximum Gasteiger partial charge on any atom is 0.338 e. The van der Waals surface area contributed by atoms with Crippen molar-refractivity contribution < 1.29 is 14.7 Å². The monoisotopic (exact) mass is 324 g/mol. The first-order chi connectivity index (χ1) is 10.1. The number of benzene rings is 1. The number of hydrogen-bond acceptors (Lipinski definition) is 3. The van der Waals surface area contributed by atoms with Crippen LogP contribution in [0.25, 0.3) is 0 Å². The standard InChI is InChI=1S/C14H13ClN2O3S/c15-10-3-1-2-9(8-10)4-6-16-14(20)17-12-11(13(18)19)5-7-21-12/h1-3,5,7-8H,4,6H2,(H,18,19)(H2,16,17,20). The van der Waals surface area contributed by atoms with Crippen LogP contribution in [0.15, 0.2) is 35.7 Å². The number of thiophene rings is 1. The number of halogens is 1. The van der Waals surface area contributed by atoms with E-state index in [1.54, 1.807) is 11.4 Å². The molecule has 2 rings (SSSR count). The van der Waals surface area contributed by atoms with Crippen molar-refractivity contribution in [3.63, 3.8) is 0 Å². The van der Waals surface area contributed by atoms with Gasteiger partial charge >= 0.3 is 12.0 Å². The third-order valence-corrected chi connectivity index (χ3v) is 3.78. The molecule has 0 aliphatic heterocycles. The third-order valence-electron chi connectivity index (χ3n) is 2.71. The van der Waals surface area contributed by atoms with Crippen molar-refractivity contribution in [2.24, 2.45) is 0 Å². The highest BCUT2D eigenvalue weighted by Gasteiger charge is 2.13. The number of rotatable bonds is 5. The molecule has 0 atom stereocenters. The quantitative estimate of drug-likeness (QED) is 0.788. The maximum absolute atomic E-state index is 11.7. The number of carbonyl (C=O) groups excluding carboxylic acids is 1. The Bertz CT molecular complexity index is 657. The Morgan fingerprint density at radius 3 is 2.81 bits per heavy atom. The number of aromatic carboxylic acids is 1. The maximum atomic E-state index is 11.7. The molecule has 0 aliphatic carbocycles. The zero-order valence-electron chi connectivity index (χ0n) is 10.9. The highest BCUT2D eigenvalue weighted by molar-refractivity contribution is 7.14. The summed E-state index contributed by atoms with van der Waals surface area (Å²) in [5.41, 5.74) is 1.11. The number of carbonyl (C=O) groups is 2. The third kappa shape index (κ3) is 4.47. The van der Waals surface area contributed by atoms with Crippen LogP contribution >= 0.6 is 22.9 Å². The first-order valence-corrected chi connectivity index (χ1v) is 7.42. The van der Waals surface area contributed by atoms with Crippen LogP contribution in [0, 0.1) is 0 Å². The van der Waals surface area contributed by atoms with E-state index in [0.717, 1.165) is 5.56 Å². The SMILES string of the molecule is O=C(NCCc1cccc(Cl)c1)Nc1sccc1C(=O)O. The molecule has 3 N–H and O–H groups in total. The average Bonchev–Trinajstić information content (AvgIpc) is 2.87. The molecule has 0 spiro atoms. The molecule has 21 heavy (non-hydrogen) atoms. The molecule has 0 aliphatic rings. The highest BCUT2D eigenvalue weighted by atomic mass is 35.5. The van der Waals surface area contributed by atoms with Gasteiger partial charge in [0.2, 0.25) is 0 Å². The molecule has 0 fully saturated rings. The van der Waals surface area contributed by atoms with E-state index in [2.05, 4.69) is 10.6 Å². The van der Waals surface area contributed by atoms with Gasteiger partial charge in [0.05, 0.1) is 5.56 Å². The van der Waals surface area contributed by atoms with E-state index in [0.29, 0.717) is 23.0 Å². The van der Waals surface area contributed by atoms with Crippen LogP contribution in [0.5, 0.6) is 0 Å². The van der Waals surface area contributed by atoms with Gasteiger partial charge in [-0.1, -0.05) is 23.7 Å². The van der Waals surface area contributed by atoms with Crippen molar-refractivity contribution in [2.45, 2.75) is 6.42 Å². The lowest BCUT2D eigenvalue weighted by molar-refractivity contribution is 0.0698. The summed E-state index contributed by atoms with van der Waals surface area (Å²) in [5, 5.41) is 16.7. The summed E-state index contributed by atoms with van der Waals surface area (Å²) in [5.74, 6) is -1.06. The van der Waals surface area contributed by atoms with E-state index in [1.807, 2.05) is 18.2 Å². The van der Waals surface area contributed by atoms with Gasteiger partial charge in [0.25, 0.3) is 0 Å². The molecule has 0 saturated heterocycles. The van der Waals surface area contributed by atoms with E-state index in [4.69, 9.17) is 16.7 Å². The van der Waals surface area contributed by atoms with Gasteiger partial charge in [-0.2, -0.15) is 0 Å². The second-order valence-corrected chi connectivity index (χ2v) is 5.58. The zero-order chi connectivity index (χ0) is 15.2. The highest BCUT2D eigenvalue weighted by Crippen LogP contribution is 2.22. The predicted octanol–water partition coefficient (Wildman–Crippen LogP) is 3.46. The van der Waals surface area contributed by atoms with Crippen LogP contribution in [0.1, 0.15) is 15.9 Å². The van der Waals surface area contributed by atoms with Gasteiger partial charge in [-0.25, -0.2) is 9.59 Å². The summed E-state index contributed by atoms with van der Waals surface area (Å²) in [6, 6.07) is 8.42. The number of urea groups is 1. The summed E-state index contributed by atoms with van der Waals surface area (Å²) in [7, 11) is 0. The van der Waals surface area contributed by atoms with Crippen molar-refractivity contribution in [3.8, 4) is 0 Å². The fraction of sp³-hybridized carbons (Fsp3) is 0.143. The Morgan fingerprint density at radius 1 is 1.29 bits per heavy atom. The molecule has 0 unspecified atom stereocenters. The Hall–Kier alpha value is -2.05. The van der Waals surface area contributed by atoms with Crippen LogP contribution in [0.2, 0.25) is 5.02 Å². The van der Waals surface area contributed by atoms with Gasteiger partial charge in [-0.05, 0) is 35.6 Å². The lowest BCUT2D eigenvalue weighted by Crippen LogP contribution is -2.30. The zero-order valence-corrected chi connectivity index (χ0v) is 12.5. The number of nitrogens with one attached hydrogen (secondary N) is 2. The summed E-state index contributed by atoms with van der Waals surface area (Å²) >= 11 is 7.04. The number of anilines is 1. The molecule has 0 bridgehead atoms. The Morgan fingerprint density at radius 2 is 2.10 bits per heavy atom. The molecule has 1 heterocycles. The topological polar surface area (TPSA) is 78.4 Å². The van der Waals surface area contributed by atoms with Gasteiger partial charge in [0.1, 0.15) is 5.00 Å². The van der Waals surface area contributed by atoms with Crippen LogP contribution in [0.3, 0.4) is 0 Å². The molecule has 2 aromatic rings. The van der Waals surface area contributed by atoms with Gasteiger partial charge in [-0.3, -0.25) is 5.32 Å². The van der Waals surface area contributed by atoms with E-state index in [-0.39, 0.29) is 5.56 Å². The lowest BCUT2D eigenvalue weighted by atomic mass is 10.1. The van der Waals surface area contributed by atoms with Crippen molar-refractivity contribution in [1.29, 1.82) is 0 Å². The molecule has 110 valence electrons. The number of hydrogen-bond donors (Lipinski definition) is 3. The molecule has 7 heteroatoms. The number of amides is 2. The van der Waals surface area contributed by atoms with Crippen LogP contribution < -0.4 is 10.6 Å². The summed E-state index contributed by atoms with van der Waals surface area (Å²) < 4.78 is 0. The minimum Gasteiger partial charge on any atom is -0.478 e. The minimum absolute atomic E-state index is 0.0880. The first kappa shape index (κ1) is 15.3. The van der Waals surface area contributed by atoms with Gasteiger partial charge in [-0.15, -0.1) is 11.3 Å². The summed E-state index contributed by atoms with van der Waals surface area (Å²) in [6.07, 6.45) is 0.643. The van der Waals surface area contributed by atoms with Crippen LogP contribution in [0.4, 0.5) is 9.80 Å². The molecule has 0 radical (unpaired) electrons. The Kier molecular flexibility index (Phi) is 5.19. The second-order valence-electron chi connectivity index (χ2n) is 4.23. The fourth-order valence-electron chi connectivity index (χ4n) is 1.73. The number of carboxylic acid groups (broad SMARTS) is 1. The van der Waals surface area contributed by atoms with Gasteiger partial charge in [0, 0.05) is 11.6 Å². The largest absolute Gasteiger partial charge is 0.478 e. The second kappa shape index (κ2) is 7.10. The van der Waals surface area contributed by atoms with Crippen molar-refractivity contribution in [3.05, 3.63) is 51.9 Å². The van der Waals surface area contributed by atoms with Crippen molar-refractivity contribution >= 4 is 39.9 Å². The molecule has 0 saturated carbocycles. The van der Waals surface area contributed by atoms with E-state index in [9.17, 15) is 9.59 Å². The van der Waals surface area contributed by atoms with Crippen molar-refractivity contribution in [2.75, 3.05) is 11.9 Å². The normalized spacial score (nSPS) is 10.1. The van der Waals surface area contributed by atoms with E-state index >= 15 is 0 Å². The smallest absolute Gasteiger partial charge is 0.338 e. The molecule has 1 aromatic heterocycles. The fourth-order valence-corrected chi connectivity index (χ4v) is 2.72. The van der Waals surface area contributed by atoms with Crippen LogP contribution in [-0.4, -0.2) is 23.7 Å². The average molecular weight is 325 g/mol. The lowest BCUT2D eigenvalue weighted by Gasteiger charge is -2.07. The molecule has 1 aromatic carbocycles. The molecule has 5 nitrogen and oxygen atoms in total.